The minimum Gasteiger partial charge on any atom is -0.294 e. The van der Waals surface area contributed by atoms with E-state index in [1.165, 1.54) is 54.6 Å². The van der Waals surface area contributed by atoms with Crippen LogP contribution in [0.5, 0.6) is 0 Å². The van der Waals surface area contributed by atoms with Crippen LogP contribution in [0.3, 0.4) is 0 Å². The van der Waals surface area contributed by atoms with Crippen LogP contribution in [0.2, 0.25) is 0 Å². The molecule has 0 saturated carbocycles. The molecule has 0 radical (unpaired) electrons. The van der Waals surface area contributed by atoms with Gasteiger partial charge < -0.3 is 0 Å². The lowest BCUT2D eigenvalue weighted by Crippen LogP contribution is -2.06. The van der Waals surface area contributed by atoms with E-state index in [0.29, 0.717) is 0 Å². The molecule has 5 nitrogen and oxygen atoms in total. The maximum absolute atomic E-state index is 5.58. The van der Waals surface area contributed by atoms with E-state index < -0.39 is 0 Å². The molecule has 5 aromatic heterocycles. The smallest absolute Gasteiger partial charge is 0.140 e. The number of hydrogen-bond donors (Lipinski definition) is 0. The van der Waals surface area contributed by atoms with Crippen LogP contribution >= 0.6 is 0 Å². The molecule has 0 spiro atoms. The van der Waals surface area contributed by atoms with E-state index in [4.69, 9.17) is 9.97 Å². The third-order valence-corrected chi connectivity index (χ3v) is 12.3. The van der Waals surface area contributed by atoms with Crippen molar-refractivity contribution in [3.63, 3.8) is 0 Å². The summed E-state index contributed by atoms with van der Waals surface area (Å²) < 4.78 is 7.01. The van der Waals surface area contributed by atoms with E-state index >= 15 is 0 Å². The van der Waals surface area contributed by atoms with E-state index in [-0.39, 0.29) is 5.92 Å². The molecule has 13 rings (SSSR count). The van der Waals surface area contributed by atoms with Crippen molar-refractivity contribution in [2.45, 2.75) is 5.92 Å². The predicted octanol–water partition coefficient (Wildman–Crippen LogP) is 12.9. The van der Waals surface area contributed by atoms with Gasteiger partial charge in [0, 0.05) is 32.3 Å². The zero-order valence-corrected chi connectivity index (χ0v) is 31.3. The first kappa shape index (κ1) is 31.4. The average Bonchev–Trinajstić information content (AvgIpc) is 4.01. The second-order valence-electron chi connectivity index (χ2n) is 15.3. The summed E-state index contributed by atoms with van der Waals surface area (Å²) in [4.78, 5) is 11.0. The first-order valence-electron chi connectivity index (χ1n) is 19.9. The van der Waals surface area contributed by atoms with Crippen LogP contribution in [0.4, 0.5) is 0 Å². The maximum Gasteiger partial charge on any atom is 0.140 e. The van der Waals surface area contributed by atoms with Gasteiger partial charge in [-0.2, -0.15) is 0 Å². The van der Waals surface area contributed by atoms with E-state index in [0.717, 1.165) is 56.2 Å². The summed E-state index contributed by atoms with van der Waals surface area (Å²) in [6.45, 7) is 0. The highest BCUT2D eigenvalue weighted by Crippen LogP contribution is 2.48. The Balaban J connectivity index is 1.07. The van der Waals surface area contributed by atoms with Gasteiger partial charge in [0.15, 0.2) is 0 Å². The van der Waals surface area contributed by atoms with Gasteiger partial charge in [-0.1, -0.05) is 140 Å². The van der Waals surface area contributed by atoms with Crippen molar-refractivity contribution < 1.29 is 0 Å². The summed E-state index contributed by atoms with van der Waals surface area (Å²) in [6.07, 6.45) is 0. The van der Waals surface area contributed by atoms with Crippen LogP contribution < -0.4 is 0 Å². The maximum atomic E-state index is 5.58. The van der Waals surface area contributed by atoms with Gasteiger partial charge in [0.1, 0.15) is 17.5 Å². The van der Waals surface area contributed by atoms with Gasteiger partial charge >= 0.3 is 0 Å². The third kappa shape index (κ3) is 4.25. The first-order chi connectivity index (χ1) is 28.8. The molecule has 1 aliphatic carbocycles. The van der Waals surface area contributed by atoms with Gasteiger partial charge in [0.05, 0.1) is 44.7 Å². The Bertz CT molecular complexity index is 3560. The molecule has 58 heavy (non-hydrogen) atoms. The molecule has 1 aliphatic rings. The summed E-state index contributed by atoms with van der Waals surface area (Å²) in [5.41, 5.74) is 13.0. The van der Waals surface area contributed by atoms with Crippen LogP contribution in [-0.2, 0) is 0 Å². The minimum atomic E-state index is 0.0512. The van der Waals surface area contributed by atoms with Crippen molar-refractivity contribution in [1.29, 1.82) is 0 Å². The fourth-order valence-electron chi connectivity index (χ4n) is 10.0. The minimum absolute atomic E-state index is 0.0512. The summed E-state index contributed by atoms with van der Waals surface area (Å²) in [6, 6.07) is 69.7. The summed E-state index contributed by atoms with van der Waals surface area (Å²) in [5.74, 6) is 2.70. The normalized spacial score (nSPS) is 12.8. The Labute approximate surface area is 333 Å². The van der Waals surface area contributed by atoms with Crippen LogP contribution in [0.15, 0.2) is 194 Å². The van der Waals surface area contributed by atoms with E-state index in [1.54, 1.807) is 0 Å². The van der Waals surface area contributed by atoms with Crippen LogP contribution in [0.25, 0.3) is 94.0 Å². The molecule has 5 heterocycles. The Morgan fingerprint density at radius 1 is 0.310 bits per heavy atom. The highest BCUT2D eigenvalue weighted by molar-refractivity contribution is 6.26. The Morgan fingerprint density at radius 2 is 0.759 bits per heavy atom. The third-order valence-electron chi connectivity index (χ3n) is 12.3. The summed E-state index contributed by atoms with van der Waals surface area (Å²) in [7, 11) is 0. The molecule has 5 heteroatoms. The quantitative estimate of drug-likeness (QED) is 0.180. The lowest BCUT2D eigenvalue weighted by Gasteiger charge is -2.16. The Hall–Kier alpha value is -7.76. The molecule has 7 aromatic carbocycles. The molecule has 0 amide bonds. The van der Waals surface area contributed by atoms with Crippen molar-refractivity contribution in [3.8, 4) is 28.6 Å². The lowest BCUT2D eigenvalue weighted by atomic mass is 9.93. The molecule has 0 aliphatic heterocycles. The zero-order valence-electron chi connectivity index (χ0n) is 31.3. The molecular weight excluding hydrogens is 707 g/mol. The second kappa shape index (κ2) is 11.9. The molecule has 0 unspecified atom stereocenters. The molecule has 0 N–H and O–H groups in total. The van der Waals surface area contributed by atoms with E-state index in [2.05, 4.69) is 208 Å². The highest BCUT2D eigenvalue weighted by Gasteiger charge is 2.31. The molecule has 0 atom stereocenters. The summed E-state index contributed by atoms with van der Waals surface area (Å²) in [5, 5.41) is 7.18. The SMILES string of the molecule is c1cc(-n2c3ccccc3c3ccccc32)nc(-n2c3ccccc3c3c2ccc2c4ccccc4n(-c4cccc(C5c6ccccc6-c6ccccc65)n4)c23)c1. The number of fused-ring (bicyclic) bond motifs is 13. The number of benzene rings is 7. The number of para-hydroxylation sites is 4. The Morgan fingerprint density at radius 3 is 1.38 bits per heavy atom. The van der Waals surface area contributed by atoms with E-state index in [9.17, 15) is 0 Å². The highest BCUT2D eigenvalue weighted by atomic mass is 15.1. The summed E-state index contributed by atoms with van der Waals surface area (Å²) >= 11 is 0. The van der Waals surface area contributed by atoms with Gasteiger partial charge in [-0.25, -0.2) is 9.97 Å². The first-order valence-corrected chi connectivity index (χ1v) is 19.9. The van der Waals surface area contributed by atoms with Crippen LogP contribution in [0.1, 0.15) is 22.7 Å². The monoisotopic (exact) mass is 739 g/mol. The van der Waals surface area contributed by atoms with Gasteiger partial charge in [-0.15, -0.1) is 0 Å². The fraction of sp³-hybridized carbons (Fsp3) is 0.0189. The Kier molecular flexibility index (Phi) is 6.44. The van der Waals surface area contributed by atoms with Crippen molar-refractivity contribution in [1.82, 2.24) is 23.7 Å². The van der Waals surface area contributed by atoms with Gasteiger partial charge in [-0.3, -0.25) is 13.7 Å². The van der Waals surface area contributed by atoms with Gasteiger partial charge in [0.2, 0.25) is 0 Å². The van der Waals surface area contributed by atoms with Crippen molar-refractivity contribution in [2.24, 2.45) is 0 Å². The van der Waals surface area contributed by atoms with Crippen molar-refractivity contribution in [3.05, 3.63) is 211 Å². The van der Waals surface area contributed by atoms with Crippen LogP contribution in [-0.4, -0.2) is 23.7 Å². The lowest BCUT2D eigenvalue weighted by molar-refractivity contribution is 0.922. The van der Waals surface area contributed by atoms with Crippen molar-refractivity contribution in [2.75, 3.05) is 0 Å². The average molecular weight is 740 g/mol. The molecule has 0 saturated heterocycles. The standard InChI is InChI=1S/C53H33N5/c1-3-20-38-33(15-1)34-16-2-4-21-39(34)51(38)42-23-13-28-48(54-42)58-45-26-11-7-19-37(45)40-31-32-47-52(53(40)58)41-22-8-12-27-46(41)57(47)50-30-14-29-49(55-50)56-43-24-9-5-17-35(43)36-18-6-10-25-44(36)56/h1-32,51H. The molecule has 270 valence electrons. The molecule has 0 bridgehead atoms. The predicted molar refractivity (Wildman–Crippen MR) is 238 cm³/mol. The topological polar surface area (TPSA) is 40.6 Å². The number of aromatic nitrogens is 5. The molecule has 12 aromatic rings. The number of rotatable bonds is 4. The number of pyridine rings is 2. The van der Waals surface area contributed by atoms with Crippen LogP contribution in [0, 0.1) is 0 Å². The largest absolute Gasteiger partial charge is 0.294 e. The van der Waals surface area contributed by atoms with E-state index in [1.807, 2.05) is 0 Å². The zero-order chi connectivity index (χ0) is 37.9. The molecular formula is C53H33N5. The molecule has 0 fully saturated rings. The van der Waals surface area contributed by atoms with Gasteiger partial charge in [0.25, 0.3) is 0 Å². The van der Waals surface area contributed by atoms with Crippen molar-refractivity contribution >= 4 is 65.4 Å². The second-order valence-corrected chi connectivity index (χ2v) is 15.3. The number of nitrogens with zero attached hydrogens (tertiary/aromatic N) is 5. The fourth-order valence-corrected chi connectivity index (χ4v) is 10.0. The number of hydrogen-bond acceptors (Lipinski definition) is 2. The van der Waals surface area contributed by atoms with Gasteiger partial charge in [-0.05, 0) is 76.9 Å².